The fourth-order valence-corrected chi connectivity index (χ4v) is 7.23. The number of nitrogens with zero attached hydrogens (tertiary/aromatic N) is 2. The van der Waals surface area contributed by atoms with Crippen molar-refractivity contribution in [2.45, 2.75) is 56.6 Å². The van der Waals surface area contributed by atoms with Gasteiger partial charge in [-0.05, 0) is 81.3 Å². The van der Waals surface area contributed by atoms with E-state index in [2.05, 4.69) is 19.8 Å². The third-order valence-electron chi connectivity index (χ3n) is 8.66. The summed E-state index contributed by atoms with van der Waals surface area (Å²) in [7, 11) is -3.86. The van der Waals surface area contributed by atoms with Gasteiger partial charge < -0.3 is 29.4 Å². The summed E-state index contributed by atoms with van der Waals surface area (Å²) in [5, 5.41) is 13.3. The van der Waals surface area contributed by atoms with Crippen LogP contribution in [-0.2, 0) is 14.8 Å². The Morgan fingerprint density at radius 2 is 1.85 bits per heavy atom. The first-order valence-corrected chi connectivity index (χ1v) is 15.9. The minimum absolute atomic E-state index is 0.0674. The molecule has 1 saturated carbocycles. The number of piperidine rings is 1. The van der Waals surface area contributed by atoms with Gasteiger partial charge in [0.2, 0.25) is 10.0 Å². The minimum atomic E-state index is -3.86. The largest absolute Gasteiger partial charge is 0.462 e. The lowest BCUT2D eigenvalue weighted by Gasteiger charge is -2.35. The highest BCUT2D eigenvalue weighted by atomic mass is 32.2. The van der Waals surface area contributed by atoms with Gasteiger partial charge in [0.15, 0.2) is 5.58 Å². The first kappa shape index (κ1) is 28.0. The number of sulfonamides is 1. The molecular weight excluding hydrogens is 544 g/mol. The molecule has 2 aliphatic heterocycles. The maximum absolute atomic E-state index is 13.7. The number of furan rings is 1. The van der Waals surface area contributed by atoms with E-state index in [1.807, 2.05) is 25.1 Å². The van der Waals surface area contributed by atoms with Crippen molar-refractivity contribution in [3.63, 3.8) is 0 Å². The quantitative estimate of drug-likeness (QED) is 0.365. The fourth-order valence-electron chi connectivity index (χ4n) is 5.98. The number of hydrogen-bond donors (Lipinski definition) is 3. The van der Waals surface area contributed by atoms with E-state index in [1.165, 1.54) is 18.9 Å². The molecule has 2 atom stereocenters. The second-order valence-electron chi connectivity index (χ2n) is 11.8. The Labute approximate surface area is 240 Å². The van der Waals surface area contributed by atoms with E-state index in [1.54, 1.807) is 25.3 Å². The van der Waals surface area contributed by atoms with Crippen LogP contribution in [0.2, 0.25) is 0 Å². The maximum atomic E-state index is 13.7. The number of rotatable bonds is 8. The number of benzene rings is 2. The number of amides is 1. The standard InChI is InChI=1S/C30H38N4O6S/c1-20(19-35)32-41(37,38)24-3-4-25(26(17-24)33-10-8-30(6-7-30)9-11-33)31-29(36)23-15-22-5-13-40-28(22)27(16-23)34-12-14-39-21(2)18-34/h3-5,13,15-17,20-21,32,35H,6-12,14,18-19H2,1-2H3,(H,31,36)/t20-,21-/m1/s1. The van der Waals surface area contributed by atoms with Crippen molar-refractivity contribution in [1.82, 2.24) is 4.72 Å². The topological polar surface area (TPSA) is 124 Å². The zero-order chi connectivity index (χ0) is 28.8. The number of carbonyl (C=O) groups excluding carboxylic acids is 1. The highest BCUT2D eigenvalue weighted by Crippen LogP contribution is 2.54. The van der Waals surface area contributed by atoms with Gasteiger partial charge in [-0.3, -0.25) is 4.79 Å². The molecule has 11 heteroatoms. The van der Waals surface area contributed by atoms with E-state index in [0.29, 0.717) is 42.0 Å². The number of ether oxygens (including phenoxy) is 1. The monoisotopic (exact) mass is 582 g/mol. The predicted octanol–water partition coefficient (Wildman–Crippen LogP) is 3.95. The van der Waals surface area contributed by atoms with E-state index in [-0.39, 0.29) is 23.5 Å². The van der Waals surface area contributed by atoms with Gasteiger partial charge in [0.25, 0.3) is 5.91 Å². The van der Waals surface area contributed by atoms with Crippen LogP contribution in [0.3, 0.4) is 0 Å². The highest BCUT2D eigenvalue weighted by molar-refractivity contribution is 7.89. The molecule has 0 radical (unpaired) electrons. The molecule has 220 valence electrons. The van der Waals surface area contributed by atoms with Gasteiger partial charge in [-0.25, -0.2) is 13.1 Å². The number of anilines is 3. The van der Waals surface area contributed by atoms with Crippen LogP contribution in [0.4, 0.5) is 17.1 Å². The first-order valence-electron chi connectivity index (χ1n) is 14.4. The van der Waals surface area contributed by atoms with Crippen molar-refractivity contribution in [3.8, 4) is 0 Å². The Hall–Kier alpha value is -3.12. The first-order chi connectivity index (χ1) is 19.7. The van der Waals surface area contributed by atoms with Crippen molar-refractivity contribution in [3.05, 3.63) is 48.2 Å². The maximum Gasteiger partial charge on any atom is 0.255 e. The third kappa shape index (κ3) is 5.81. The molecule has 1 aromatic heterocycles. The molecule has 0 unspecified atom stereocenters. The molecule has 2 aromatic carbocycles. The zero-order valence-electron chi connectivity index (χ0n) is 23.6. The van der Waals surface area contributed by atoms with Crippen LogP contribution in [0.25, 0.3) is 11.0 Å². The summed E-state index contributed by atoms with van der Waals surface area (Å²) in [6, 6.07) is 9.70. The molecular formula is C30H38N4O6S. The Bertz CT molecular complexity index is 1540. The summed E-state index contributed by atoms with van der Waals surface area (Å²) in [6.07, 6.45) is 6.31. The average molecular weight is 583 g/mol. The normalized spacial score (nSPS) is 21.3. The number of hydrogen-bond acceptors (Lipinski definition) is 8. The molecule has 1 amide bonds. The molecule has 3 aromatic rings. The van der Waals surface area contributed by atoms with Gasteiger partial charge in [0, 0.05) is 43.2 Å². The van der Waals surface area contributed by atoms with Crippen molar-refractivity contribution >= 4 is 44.0 Å². The lowest BCUT2D eigenvalue weighted by atomic mass is 9.93. The number of carbonyl (C=O) groups is 1. The number of morpholine rings is 1. The Morgan fingerprint density at radius 1 is 1.07 bits per heavy atom. The SMILES string of the molecule is C[C@H](CO)NS(=O)(=O)c1ccc(NC(=O)c2cc(N3CCO[C@H](C)C3)c3occc3c2)c(N2CCC3(CC2)CC3)c1. The van der Waals surface area contributed by atoms with Crippen LogP contribution >= 0.6 is 0 Å². The van der Waals surface area contributed by atoms with E-state index >= 15 is 0 Å². The van der Waals surface area contributed by atoms with E-state index < -0.39 is 16.1 Å². The highest BCUT2D eigenvalue weighted by Gasteiger charge is 2.44. The second-order valence-corrected chi connectivity index (χ2v) is 13.5. The summed E-state index contributed by atoms with van der Waals surface area (Å²) >= 11 is 0. The number of aliphatic hydroxyl groups is 1. The molecule has 3 N–H and O–H groups in total. The lowest BCUT2D eigenvalue weighted by molar-refractivity contribution is 0.0532. The van der Waals surface area contributed by atoms with Gasteiger partial charge in [0.05, 0.1) is 47.5 Å². The third-order valence-corrected chi connectivity index (χ3v) is 10.2. The smallest absolute Gasteiger partial charge is 0.255 e. The van der Waals surface area contributed by atoms with Gasteiger partial charge in [-0.2, -0.15) is 0 Å². The van der Waals surface area contributed by atoms with E-state index in [9.17, 15) is 18.3 Å². The molecule has 3 heterocycles. The van der Waals surface area contributed by atoms with Gasteiger partial charge >= 0.3 is 0 Å². The van der Waals surface area contributed by atoms with Crippen LogP contribution in [0.5, 0.6) is 0 Å². The van der Waals surface area contributed by atoms with Crippen molar-refractivity contribution < 1.29 is 27.5 Å². The number of nitrogens with one attached hydrogen (secondary N) is 2. The molecule has 3 aliphatic rings. The van der Waals surface area contributed by atoms with Crippen LogP contribution in [0, 0.1) is 5.41 Å². The molecule has 1 aliphatic carbocycles. The summed E-state index contributed by atoms with van der Waals surface area (Å²) < 4.78 is 40.1. The van der Waals surface area contributed by atoms with Gasteiger partial charge in [0.1, 0.15) is 0 Å². The number of aliphatic hydroxyl groups excluding tert-OH is 1. The number of fused-ring (bicyclic) bond motifs is 1. The molecule has 6 rings (SSSR count). The lowest BCUT2D eigenvalue weighted by Crippen LogP contribution is -2.41. The van der Waals surface area contributed by atoms with Crippen molar-refractivity contribution in [2.24, 2.45) is 5.41 Å². The molecule has 0 bridgehead atoms. The van der Waals surface area contributed by atoms with E-state index in [4.69, 9.17) is 9.15 Å². The second kappa shape index (κ2) is 10.9. The molecule has 1 spiro atoms. The molecule has 41 heavy (non-hydrogen) atoms. The summed E-state index contributed by atoms with van der Waals surface area (Å²) in [6.45, 7) is 6.92. The van der Waals surface area contributed by atoms with Crippen LogP contribution in [0.1, 0.15) is 49.9 Å². The average Bonchev–Trinajstić information content (AvgIpc) is 3.53. The Kier molecular flexibility index (Phi) is 7.48. The fraction of sp³-hybridized carbons (Fsp3) is 0.500. The van der Waals surface area contributed by atoms with Crippen molar-refractivity contribution in [2.75, 3.05) is 54.5 Å². The van der Waals surface area contributed by atoms with Gasteiger partial charge in [-0.1, -0.05) is 0 Å². The summed E-state index contributed by atoms with van der Waals surface area (Å²) in [5.41, 5.74) is 3.76. The van der Waals surface area contributed by atoms with Crippen LogP contribution in [-0.4, -0.2) is 71.0 Å². The van der Waals surface area contributed by atoms with Crippen molar-refractivity contribution in [1.29, 1.82) is 0 Å². The summed E-state index contributed by atoms with van der Waals surface area (Å²) in [4.78, 5) is 18.2. The Morgan fingerprint density at radius 3 is 2.56 bits per heavy atom. The Balaban J connectivity index is 1.32. The summed E-state index contributed by atoms with van der Waals surface area (Å²) in [5.74, 6) is -0.282. The van der Waals surface area contributed by atoms with Crippen LogP contribution in [0.15, 0.2) is 52.0 Å². The van der Waals surface area contributed by atoms with E-state index in [0.717, 1.165) is 42.6 Å². The zero-order valence-corrected chi connectivity index (χ0v) is 24.4. The minimum Gasteiger partial charge on any atom is -0.462 e. The predicted molar refractivity (Wildman–Crippen MR) is 158 cm³/mol. The molecule has 2 saturated heterocycles. The van der Waals surface area contributed by atoms with Crippen LogP contribution < -0.4 is 19.8 Å². The molecule has 10 nitrogen and oxygen atoms in total. The van der Waals surface area contributed by atoms with Gasteiger partial charge in [-0.15, -0.1) is 0 Å². The molecule has 3 fully saturated rings.